The lowest BCUT2D eigenvalue weighted by Crippen LogP contribution is -2.29. The van der Waals surface area contributed by atoms with Crippen LogP contribution in [-0.4, -0.2) is 28.3 Å². The molecular formula is C30H32N4O. The second kappa shape index (κ2) is 8.89. The van der Waals surface area contributed by atoms with E-state index < -0.39 is 0 Å². The van der Waals surface area contributed by atoms with E-state index >= 15 is 0 Å². The zero-order valence-electron chi connectivity index (χ0n) is 20.1. The van der Waals surface area contributed by atoms with Crippen LogP contribution in [0.1, 0.15) is 73.4 Å². The Morgan fingerprint density at radius 2 is 1.63 bits per heavy atom. The summed E-state index contributed by atoms with van der Waals surface area (Å²) in [5.74, 6) is 1.75. The van der Waals surface area contributed by atoms with Gasteiger partial charge in [0.1, 0.15) is 5.82 Å². The van der Waals surface area contributed by atoms with Crippen molar-refractivity contribution in [3.63, 3.8) is 0 Å². The van der Waals surface area contributed by atoms with E-state index in [1.165, 1.54) is 83.2 Å². The molecule has 3 aliphatic heterocycles. The normalized spacial score (nSPS) is 22.0. The molecule has 2 N–H and O–H groups in total. The standard InChI is InChI=1S/C30H32N4O/c1-2-5-19(4-1)30-33-16-29(34-30)21-8-10-26-24(13-21)18-35-17-23-12-20(7-9-25(23)26)22-14-28(32-15-22)27-6-3-11-31-27/h7-10,12-13,15-16,19,27,31H,1-6,11,14,17-18H2,(H,33,34)/t27-/m0/s1. The largest absolute Gasteiger partial charge is 0.372 e. The van der Waals surface area contributed by atoms with Crippen LogP contribution in [0.3, 0.4) is 0 Å². The minimum Gasteiger partial charge on any atom is -0.372 e. The van der Waals surface area contributed by atoms with Crippen LogP contribution in [0.25, 0.3) is 28.0 Å². The summed E-state index contributed by atoms with van der Waals surface area (Å²) in [6, 6.07) is 14.1. The molecule has 1 atom stereocenters. The molecular weight excluding hydrogens is 432 g/mol. The van der Waals surface area contributed by atoms with E-state index in [1.54, 1.807) is 0 Å². The van der Waals surface area contributed by atoms with E-state index in [-0.39, 0.29) is 0 Å². The average molecular weight is 465 g/mol. The van der Waals surface area contributed by atoms with Gasteiger partial charge in [-0.05, 0) is 83.3 Å². The van der Waals surface area contributed by atoms with Crippen molar-refractivity contribution in [3.8, 4) is 22.4 Å². The molecule has 0 amide bonds. The number of nitrogens with zero attached hydrogens (tertiary/aromatic N) is 2. The summed E-state index contributed by atoms with van der Waals surface area (Å²) < 4.78 is 6.16. The molecule has 0 bridgehead atoms. The van der Waals surface area contributed by atoms with E-state index in [2.05, 4.69) is 52.9 Å². The van der Waals surface area contributed by atoms with Gasteiger partial charge in [0.05, 0.1) is 25.1 Å². The van der Waals surface area contributed by atoms with Crippen LogP contribution in [0.4, 0.5) is 0 Å². The molecule has 7 rings (SSSR count). The number of aromatic amines is 1. The van der Waals surface area contributed by atoms with Gasteiger partial charge in [-0.2, -0.15) is 0 Å². The number of aliphatic imine (C=N–C) groups is 1. The van der Waals surface area contributed by atoms with Crippen LogP contribution in [0.2, 0.25) is 0 Å². The zero-order chi connectivity index (χ0) is 23.2. The molecule has 1 aliphatic carbocycles. The van der Waals surface area contributed by atoms with Crippen molar-refractivity contribution in [2.45, 2.75) is 70.1 Å². The molecule has 1 saturated carbocycles. The quantitative estimate of drug-likeness (QED) is 0.472. The highest BCUT2D eigenvalue weighted by Gasteiger charge is 2.25. The molecule has 5 heteroatoms. The Hall–Kier alpha value is -3.02. The number of imidazole rings is 1. The Bertz CT molecular complexity index is 1320. The Kier molecular flexibility index (Phi) is 5.40. The van der Waals surface area contributed by atoms with Crippen molar-refractivity contribution in [2.75, 3.05) is 6.54 Å². The number of benzene rings is 2. The Morgan fingerprint density at radius 3 is 2.40 bits per heavy atom. The van der Waals surface area contributed by atoms with Gasteiger partial charge in [0.2, 0.25) is 0 Å². The summed E-state index contributed by atoms with van der Waals surface area (Å²) >= 11 is 0. The predicted octanol–water partition coefficient (Wildman–Crippen LogP) is 6.37. The Morgan fingerprint density at radius 1 is 0.857 bits per heavy atom. The van der Waals surface area contributed by atoms with Crippen molar-refractivity contribution in [2.24, 2.45) is 4.99 Å². The summed E-state index contributed by atoms with van der Waals surface area (Å²) in [5.41, 5.74) is 11.2. The summed E-state index contributed by atoms with van der Waals surface area (Å²) in [4.78, 5) is 13.1. The van der Waals surface area contributed by atoms with Gasteiger partial charge in [-0.3, -0.25) is 4.99 Å². The number of rotatable bonds is 4. The van der Waals surface area contributed by atoms with Gasteiger partial charge in [-0.15, -0.1) is 0 Å². The smallest absolute Gasteiger partial charge is 0.109 e. The summed E-state index contributed by atoms with van der Waals surface area (Å²) in [6.07, 6.45) is 12.6. The molecule has 0 unspecified atom stereocenters. The molecule has 3 aromatic rings. The van der Waals surface area contributed by atoms with Crippen LogP contribution in [-0.2, 0) is 18.0 Å². The fourth-order valence-electron chi connectivity index (χ4n) is 6.29. The molecule has 1 aromatic heterocycles. The van der Waals surface area contributed by atoms with E-state index in [1.807, 2.05) is 6.20 Å². The van der Waals surface area contributed by atoms with Crippen LogP contribution < -0.4 is 5.32 Å². The second-order valence-electron chi connectivity index (χ2n) is 10.5. The van der Waals surface area contributed by atoms with Crippen LogP contribution in [0.5, 0.6) is 0 Å². The van der Waals surface area contributed by atoms with Crippen LogP contribution in [0, 0.1) is 0 Å². The van der Waals surface area contributed by atoms with Crippen molar-refractivity contribution in [1.82, 2.24) is 15.3 Å². The Labute approximate surface area is 206 Å². The molecule has 1 saturated heterocycles. The van der Waals surface area contributed by atoms with E-state index in [0.717, 1.165) is 24.5 Å². The summed E-state index contributed by atoms with van der Waals surface area (Å²) in [7, 11) is 0. The van der Waals surface area contributed by atoms with Gasteiger partial charge < -0.3 is 15.0 Å². The first kappa shape index (κ1) is 21.3. The van der Waals surface area contributed by atoms with Crippen molar-refractivity contribution in [3.05, 3.63) is 71.3 Å². The third-order valence-corrected chi connectivity index (χ3v) is 8.26. The molecule has 0 radical (unpaired) electrons. The minimum atomic E-state index is 0.457. The fraction of sp³-hybridized carbons (Fsp3) is 0.400. The van der Waals surface area contributed by atoms with Gasteiger partial charge in [-0.1, -0.05) is 37.1 Å². The maximum Gasteiger partial charge on any atom is 0.109 e. The van der Waals surface area contributed by atoms with Gasteiger partial charge >= 0.3 is 0 Å². The van der Waals surface area contributed by atoms with E-state index in [9.17, 15) is 0 Å². The number of fused-ring (bicyclic) bond motifs is 3. The highest BCUT2D eigenvalue weighted by molar-refractivity contribution is 6.01. The summed E-state index contributed by atoms with van der Waals surface area (Å²) in [5, 5.41) is 3.58. The lowest BCUT2D eigenvalue weighted by Gasteiger charge is -2.13. The SMILES string of the molecule is C1=C(c2ccc3c(c2)COCc2cc(-c4cnc(C5CCCC5)[nH]4)ccc2-3)CC([C@@H]2CCCN2)=N1. The Balaban J connectivity index is 1.14. The summed E-state index contributed by atoms with van der Waals surface area (Å²) in [6.45, 7) is 2.37. The number of hydrogen-bond donors (Lipinski definition) is 2. The first-order valence-electron chi connectivity index (χ1n) is 13.2. The van der Waals surface area contributed by atoms with Crippen LogP contribution in [0.15, 0.2) is 53.8 Å². The molecule has 2 aromatic carbocycles. The number of nitrogens with one attached hydrogen (secondary N) is 2. The number of hydrogen-bond acceptors (Lipinski definition) is 4. The molecule has 4 heterocycles. The maximum atomic E-state index is 6.16. The lowest BCUT2D eigenvalue weighted by molar-refractivity contribution is 0.110. The number of allylic oxidation sites excluding steroid dienone is 1. The molecule has 35 heavy (non-hydrogen) atoms. The molecule has 4 aliphatic rings. The number of aromatic nitrogens is 2. The highest BCUT2D eigenvalue weighted by Crippen LogP contribution is 2.38. The second-order valence-corrected chi connectivity index (χ2v) is 10.5. The highest BCUT2D eigenvalue weighted by atomic mass is 16.5. The fourth-order valence-corrected chi connectivity index (χ4v) is 6.29. The first-order valence-corrected chi connectivity index (χ1v) is 13.2. The third-order valence-electron chi connectivity index (χ3n) is 8.26. The van der Waals surface area contributed by atoms with E-state index in [4.69, 9.17) is 14.7 Å². The van der Waals surface area contributed by atoms with Crippen molar-refractivity contribution < 1.29 is 4.74 Å². The monoisotopic (exact) mass is 464 g/mol. The van der Waals surface area contributed by atoms with Gasteiger partial charge in [-0.25, -0.2) is 4.98 Å². The molecule has 5 nitrogen and oxygen atoms in total. The number of H-pyrrole nitrogens is 1. The number of ether oxygens (including phenoxy) is 1. The van der Waals surface area contributed by atoms with Gasteiger partial charge in [0.25, 0.3) is 0 Å². The topological polar surface area (TPSA) is 62.3 Å². The first-order chi connectivity index (χ1) is 17.3. The minimum absolute atomic E-state index is 0.457. The predicted molar refractivity (Wildman–Crippen MR) is 140 cm³/mol. The third kappa shape index (κ3) is 3.97. The van der Waals surface area contributed by atoms with Gasteiger partial charge in [0.15, 0.2) is 0 Å². The van der Waals surface area contributed by atoms with Crippen LogP contribution >= 0.6 is 0 Å². The average Bonchev–Trinajstić information content (AvgIpc) is 3.69. The van der Waals surface area contributed by atoms with Gasteiger partial charge in [0, 0.05) is 30.3 Å². The molecule has 0 spiro atoms. The van der Waals surface area contributed by atoms with E-state index in [0.29, 0.717) is 25.2 Å². The molecule has 2 fully saturated rings. The van der Waals surface area contributed by atoms with Crippen molar-refractivity contribution >= 4 is 11.3 Å². The van der Waals surface area contributed by atoms with Crippen molar-refractivity contribution in [1.29, 1.82) is 0 Å². The lowest BCUT2D eigenvalue weighted by atomic mass is 9.91. The molecule has 178 valence electrons. The zero-order valence-corrected chi connectivity index (χ0v) is 20.1. The maximum absolute atomic E-state index is 6.16.